The van der Waals surface area contributed by atoms with Crippen LogP contribution in [0.1, 0.15) is 48.2 Å². The van der Waals surface area contributed by atoms with Crippen LogP contribution < -0.4 is 10.6 Å². The molecule has 0 amide bonds. The van der Waals surface area contributed by atoms with Gasteiger partial charge in [0.05, 0.1) is 23.3 Å². The third kappa shape index (κ3) is 3.61. The van der Waals surface area contributed by atoms with E-state index >= 15 is 0 Å². The summed E-state index contributed by atoms with van der Waals surface area (Å²) in [4.78, 5) is 3.09. The number of hydrogen-bond acceptors (Lipinski definition) is 3. The molecule has 1 aliphatic heterocycles. The number of hydrogen-bond donors (Lipinski definition) is 3. The number of nitriles is 1. The zero-order valence-electron chi connectivity index (χ0n) is 16.0. The molecule has 7 heteroatoms. The molecule has 29 heavy (non-hydrogen) atoms. The molecule has 0 unspecified atom stereocenters. The normalized spacial score (nSPS) is 18.6. The van der Waals surface area contributed by atoms with Crippen LogP contribution in [-0.2, 0) is 6.42 Å². The Balaban J connectivity index is 1.83. The van der Waals surface area contributed by atoms with Crippen LogP contribution in [0.3, 0.4) is 0 Å². The molecule has 0 aliphatic carbocycles. The van der Waals surface area contributed by atoms with Crippen molar-refractivity contribution in [3.63, 3.8) is 0 Å². The average molecular weight is 398 g/mol. The lowest BCUT2D eigenvalue weighted by atomic mass is 9.92. The summed E-state index contributed by atoms with van der Waals surface area (Å²) in [6.07, 6.45) is 2.47. The third-order valence-corrected chi connectivity index (χ3v) is 5.39. The first-order chi connectivity index (χ1) is 14.0. The van der Waals surface area contributed by atoms with Gasteiger partial charge in [-0.2, -0.15) is 5.26 Å². The molecule has 0 spiro atoms. The van der Waals surface area contributed by atoms with Crippen molar-refractivity contribution in [3.8, 4) is 6.07 Å². The number of aromatic nitrogens is 1. The first-order valence-electron chi connectivity index (χ1n) is 9.70. The summed E-state index contributed by atoms with van der Waals surface area (Å²) in [5, 5.41) is 16.6. The molecule has 0 fully saturated rings. The first kappa shape index (κ1) is 19.5. The highest BCUT2D eigenvalue weighted by Crippen LogP contribution is 2.36. The zero-order chi connectivity index (χ0) is 20.5. The topological polar surface area (TPSA) is 63.6 Å². The average Bonchev–Trinajstić information content (AvgIpc) is 3.07. The van der Waals surface area contributed by atoms with Crippen molar-refractivity contribution in [2.24, 2.45) is 0 Å². The van der Waals surface area contributed by atoms with Gasteiger partial charge in [-0.3, -0.25) is 5.32 Å². The summed E-state index contributed by atoms with van der Waals surface area (Å²) in [7, 11) is 0. The molecule has 150 valence electrons. The quantitative estimate of drug-likeness (QED) is 0.558. The minimum Gasteiger partial charge on any atom is -0.354 e. The highest BCUT2D eigenvalue weighted by molar-refractivity contribution is 5.86. The Morgan fingerprint density at radius 1 is 1.17 bits per heavy atom. The van der Waals surface area contributed by atoms with E-state index in [0.29, 0.717) is 23.1 Å². The molecule has 2 aromatic carbocycles. The molecule has 0 bridgehead atoms. The van der Waals surface area contributed by atoms with E-state index in [9.17, 15) is 18.4 Å². The van der Waals surface area contributed by atoms with Crippen LogP contribution in [-0.4, -0.2) is 17.7 Å². The molecule has 3 N–H and O–H groups in total. The van der Waals surface area contributed by atoms with Crippen LogP contribution in [0.4, 0.5) is 13.2 Å². The number of halogens is 3. The minimum absolute atomic E-state index is 0.0553. The summed E-state index contributed by atoms with van der Waals surface area (Å²) >= 11 is 0. The molecule has 0 saturated heterocycles. The van der Waals surface area contributed by atoms with Gasteiger partial charge in [-0.1, -0.05) is 19.4 Å². The van der Waals surface area contributed by atoms with Crippen LogP contribution in [0.15, 0.2) is 30.3 Å². The molecule has 0 radical (unpaired) electrons. The van der Waals surface area contributed by atoms with E-state index in [1.54, 1.807) is 6.07 Å². The maximum atomic E-state index is 14.4. The van der Waals surface area contributed by atoms with Crippen molar-refractivity contribution in [2.45, 2.75) is 38.4 Å². The summed E-state index contributed by atoms with van der Waals surface area (Å²) in [6, 6.07) is 7.99. The van der Waals surface area contributed by atoms with E-state index in [4.69, 9.17) is 0 Å². The van der Waals surface area contributed by atoms with Crippen molar-refractivity contribution in [1.29, 1.82) is 5.26 Å². The molecule has 2 atom stereocenters. The monoisotopic (exact) mass is 398 g/mol. The second-order valence-electron chi connectivity index (χ2n) is 7.34. The van der Waals surface area contributed by atoms with Crippen LogP contribution in [0.5, 0.6) is 0 Å². The molecule has 0 saturated carbocycles. The number of H-pyrrole nitrogens is 1. The van der Waals surface area contributed by atoms with Gasteiger partial charge in [0.15, 0.2) is 0 Å². The molecule has 3 aromatic rings. The number of aromatic amines is 1. The number of rotatable bonds is 5. The third-order valence-electron chi connectivity index (χ3n) is 5.39. The number of fused-ring (bicyclic) bond motifs is 3. The van der Waals surface area contributed by atoms with Crippen molar-refractivity contribution < 1.29 is 13.2 Å². The van der Waals surface area contributed by atoms with Gasteiger partial charge in [-0.25, -0.2) is 13.2 Å². The molecule has 4 rings (SSSR count). The fourth-order valence-electron chi connectivity index (χ4n) is 3.96. The largest absolute Gasteiger partial charge is 0.354 e. The smallest absolute Gasteiger partial charge is 0.150 e. The van der Waals surface area contributed by atoms with Gasteiger partial charge in [0.2, 0.25) is 0 Å². The van der Waals surface area contributed by atoms with Crippen molar-refractivity contribution in [1.82, 2.24) is 15.6 Å². The van der Waals surface area contributed by atoms with Gasteiger partial charge < -0.3 is 10.3 Å². The molecule has 2 heterocycles. The van der Waals surface area contributed by atoms with Gasteiger partial charge in [-0.15, -0.1) is 0 Å². The van der Waals surface area contributed by atoms with Gasteiger partial charge >= 0.3 is 0 Å². The number of nitrogens with one attached hydrogen (secondary N) is 3. The summed E-state index contributed by atoms with van der Waals surface area (Å²) in [6.45, 7) is 2.90. The summed E-state index contributed by atoms with van der Waals surface area (Å²) in [5.41, 5.74) is 2.39. The van der Waals surface area contributed by atoms with E-state index in [2.05, 4.69) is 22.5 Å². The highest BCUT2D eigenvalue weighted by Gasteiger charge is 2.31. The van der Waals surface area contributed by atoms with Crippen LogP contribution in [0, 0.1) is 28.8 Å². The lowest BCUT2D eigenvalue weighted by molar-refractivity contribution is 0.368. The fraction of sp³-hybridized carbons (Fsp3) is 0.318. The van der Waals surface area contributed by atoms with Gasteiger partial charge in [0.25, 0.3) is 0 Å². The SMILES string of the molecule is CCCCN[C@H]1Cc2c([nH]c3c(F)cc(F)cc23)[C@H](c2ccc(F)c(C#N)c2)N1. The Morgan fingerprint density at radius 2 is 2.00 bits per heavy atom. The maximum Gasteiger partial charge on any atom is 0.150 e. The summed E-state index contributed by atoms with van der Waals surface area (Å²) < 4.78 is 42.1. The Kier molecular flexibility index (Phi) is 5.31. The molecule has 4 nitrogen and oxygen atoms in total. The Hall–Kier alpha value is -2.82. The van der Waals surface area contributed by atoms with Crippen LogP contribution >= 0.6 is 0 Å². The lowest BCUT2D eigenvalue weighted by Gasteiger charge is -2.32. The van der Waals surface area contributed by atoms with Gasteiger partial charge in [-0.05, 0) is 42.3 Å². The van der Waals surface area contributed by atoms with E-state index in [1.165, 1.54) is 18.2 Å². The van der Waals surface area contributed by atoms with Crippen molar-refractivity contribution >= 4 is 10.9 Å². The lowest BCUT2D eigenvalue weighted by Crippen LogP contribution is -2.49. The van der Waals surface area contributed by atoms with Gasteiger partial charge in [0, 0.05) is 23.6 Å². The van der Waals surface area contributed by atoms with Crippen LogP contribution in [0.2, 0.25) is 0 Å². The highest BCUT2D eigenvalue weighted by atomic mass is 19.1. The zero-order valence-corrected chi connectivity index (χ0v) is 16.0. The Labute approximate surface area is 166 Å². The standard InChI is InChI=1S/C22H21F3N4/c1-2-3-6-27-19-10-16-15-8-14(23)9-18(25)21(15)29-22(16)20(28-19)12-4-5-17(24)13(7-12)11-26/h4-5,7-9,19-20,27-29H,2-3,6,10H2,1H3/t19-,20+/m1/s1. The number of benzene rings is 2. The Morgan fingerprint density at radius 3 is 2.76 bits per heavy atom. The van der Waals surface area contributed by atoms with E-state index < -0.39 is 23.5 Å². The minimum atomic E-state index is -0.652. The fourth-order valence-corrected chi connectivity index (χ4v) is 3.96. The molecular weight excluding hydrogens is 377 g/mol. The maximum absolute atomic E-state index is 14.4. The first-order valence-corrected chi connectivity index (χ1v) is 9.70. The number of nitrogens with zero attached hydrogens (tertiary/aromatic N) is 1. The van der Waals surface area contributed by atoms with Gasteiger partial charge in [0.1, 0.15) is 23.5 Å². The van der Waals surface area contributed by atoms with E-state index in [0.717, 1.165) is 31.0 Å². The molecule has 1 aliphatic rings. The molecule has 1 aromatic heterocycles. The predicted molar refractivity (Wildman–Crippen MR) is 105 cm³/mol. The van der Waals surface area contributed by atoms with Crippen molar-refractivity contribution in [2.75, 3.05) is 6.54 Å². The second-order valence-corrected chi connectivity index (χ2v) is 7.34. The Bertz CT molecular complexity index is 1100. The van der Waals surface area contributed by atoms with Crippen LogP contribution in [0.25, 0.3) is 10.9 Å². The van der Waals surface area contributed by atoms with E-state index in [1.807, 2.05) is 6.07 Å². The predicted octanol–water partition coefficient (Wildman–Crippen LogP) is 4.41. The van der Waals surface area contributed by atoms with E-state index in [-0.39, 0.29) is 17.2 Å². The summed E-state index contributed by atoms with van der Waals surface area (Å²) in [5.74, 6) is -1.87. The molecular formula is C22H21F3N4. The second kappa shape index (κ2) is 7.90. The number of unbranched alkanes of at least 4 members (excludes halogenated alkanes) is 1. The van der Waals surface area contributed by atoms with Crippen molar-refractivity contribution in [3.05, 3.63) is 70.2 Å².